The maximum Gasteiger partial charge on any atom is 0.0752 e. The molecule has 0 aliphatic carbocycles. The Morgan fingerprint density at radius 3 is 1.93 bits per heavy atom. The maximum absolute atomic E-state index is 3.82. The molecule has 0 spiro atoms. The molecule has 0 aromatic rings. The van der Waals surface area contributed by atoms with Gasteiger partial charge in [-0.15, -0.1) is 0 Å². The van der Waals surface area contributed by atoms with Gasteiger partial charge in [-0.25, -0.2) is 0 Å². The van der Waals surface area contributed by atoms with E-state index in [1.807, 2.05) is 0 Å². The van der Waals surface area contributed by atoms with Crippen molar-refractivity contribution < 1.29 is 5.73 Å². The number of hydrogen-bond acceptors (Lipinski definition) is 2. The first-order valence-corrected chi connectivity index (χ1v) is 6.48. The van der Waals surface area contributed by atoms with Gasteiger partial charge in [-0.2, -0.15) is 0 Å². The van der Waals surface area contributed by atoms with Gasteiger partial charge in [0.25, 0.3) is 0 Å². The molecule has 0 bridgehead atoms. The third-order valence-electron chi connectivity index (χ3n) is 2.45. The van der Waals surface area contributed by atoms with Gasteiger partial charge in [0.15, 0.2) is 0 Å². The average molecular weight is 216 g/mol. The highest BCUT2D eigenvalue weighted by molar-refractivity contribution is 4.53. The lowest BCUT2D eigenvalue weighted by atomic mass is 10.1. The Morgan fingerprint density at radius 1 is 0.867 bits per heavy atom. The molecule has 0 rings (SSSR count). The molecule has 0 aromatic heterocycles. The van der Waals surface area contributed by atoms with Crippen molar-refractivity contribution in [2.75, 3.05) is 32.7 Å². The van der Waals surface area contributed by atoms with Gasteiger partial charge in [0.1, 0.15) is 0 Å². The highest BCUT2D eigenvalue weighted by atomic mass is 14.9. The molecule has 15 heavy (non-hydrogen) atoms. The van der Waals surface area contributed by atoms with E-state index in [1.165, 1.54) is 32.2 Å². The van der Waals surface area contributed by atoms with Crippen molar-refractivity contribution in [3.8, 4) is 0 Å². The molecule has 0 aliphatic heterocycles. The minimum atomic E-state index is 0.844. The summed E-state index contributed by atoms with van der Waals surface area (Å²) in [4.78, 5) is 0. The lowest BCUT2D eigenvalue weighted by Gasteiger charge is -2.07. The quantitative estimate of drug-likeness (QED) is 0.444. The van der Waals surface area contributed by atoms with Gasteiger partial charge in [0.05, 0.1) is 6.54 Å². The van der Waals surface area contributed by atoms with Gasteiger partial charge in [-0.05, 0) is 44.8 Å². The van der Waals surface area contributed by atoms with Gasteiger partial charge in [0, 0.05) is 13.0 Å². The van der Waals surface area contributed by atoms with E-state index in [0.29, 0.717) is 0 Å². The molecule has 0 atom stereocenters. The molecule has 0 saturated heterocycles. The van der Waals surface area contributed by atoms with Gasteiger partial charge >= 0.3 is 0 Å². The SMILES string of the molecule is CC(C)CCCNCCCNCCC[NH3+]. The number of rotatable bonds is 11. The summed E-state index contributed by atoms with van der Waals surface area (Å²) in [7, 11) is 0. The Hall–Kier alpha value is -0.120. The van der Waals surface area contributed by atoms with Crippen LogP contribution in [0.4, 0.5) is 0 Å². The first-order chi connectivity index (χ1) is 7.27. The fourth-order valence-corrected chi connectivity index (χ4v) is 1.47. The molecule has 3 nitrogen and oxygen atoms in total. The van der Waals surface area contributed by atoms with Crippen molar-refractivity contribution in [1.82, 2.24) is 10.6 Å². The molecule has 0 aliphatic rings. The molecule has 0 unspecified atom stereocenters. The molecule has 0 heterocycles. The van der Waals surface area contributed by atoms with Crippen molar-refractivity contribution >= 4 is 0 Å². The van der Waals surface area contributed by atoms with Crippen LogP contribution in [0.15, 0.2) is 0 Å². The molecule has 0 aromatic carbocycles. The minimum Gasteiger partial charge on any atom is -0.358 e. The largest absolute Gasteiger partial charge is 0.358 e. The summed E-state index contributed by atoms with van der Waals surface area (Å²) in [5.74, 6) is 0.844. The fraction of sp³-hybridized carbons (Fsp3) is 1.00. The Kier molecular flexibility index (Phi) is 11.9. The number of nitrogens with one attached hydrogen (secondary N) is 2. The average Bonchev–Trinajstić information content (AvgIpc) is 2.20. The van der Waals surface area contributed by atoms with Crippen LogP contribution in [0.3, 0.4) is 0 Å². The number of quaternary nitrogens is 1. The predicted octanol–water partition coefficient (Wildman–Crippen LogP) is 0.624. The third-order valence-corrected chi connectivity index (χ3v) is 2.45. The van der Waals surface area contributed by atoms with Gasteiger partial charge < -0.3 is 16.4 Å². The first kappa shape index (κ1) is 14.9. The summed E-state index contributed by atoms with van der Waals surface area (Å²) in [5, 5.41) is 6.89. The lowest BCUT2D eigenvalue weighted by Crippen LogP contribution is -2.51. The van der Waals surface area contributed by atoms with Crippen LogP contribution in [0.25, 0.3) is 0 Å². The van der Waals surface area contributed by atoms with Gasteiger partial charge in [-0.3, -0.25) is 0 Å². The van der Waals surface area contributed by atoms with Crippen LogP contribution < -0.4 is 16.4 Å². The van der Waals surface area contributed by atoms with E-state index in [0.717, 1.165) is 32.1 Å². The summed E-state index contributed by atoms with van der Waals surface area (Å²) in [6, 6.07) is 0. The second-order valence-corrected chi connectivity index (χ2v) is 4.60. The normalized spacial score (nSPS) is 11.2. The third kappa shape index (κ3) is 13.9. The predicted molar refractivity (Wildman–Crippen MR) is 66.8 cm³/mol. The molecule has 92 valence electrons. The molecular weight excluding hydrogens is 186 g/mol. The zero-order valence-corrected chi connectivity index (χ0v) is 10.6. The Balaban J connectivity index is 2.87. The van der Waals surface area contributed by atoms with Crippen molar-refractivity contribution in [3.05, 3.63) is 0 Å². The second-order valence-electron chi connectivity index (χ2n) is 4.60. The van der Waals surface area contributed by atoms with Crippen LogP contribution in [0, 0.1) is 5.92 Å². The second kappa shape index (κ2) is 12.0. The van der Waals surface area contributed by atoms with Crippen molar-refractivity contribution in [3.63, 3.8) is 0 Å². The van der Waals surface area contributed by atoms with E-state index in [2.05, 4.69) is 30.2 Å². The molecule has 0 fully saturated rings. The summed E-state index contributed by atoms with van der Waals surface area (Å²) in [5.41, 5.74) is 3.82. The Morgan fingerprint density at radius 2 is 1.40 bits per heavy atom. The van der Waals surface area contributed by atoms with E-state index >= 15 is 0 Å². The minimum absolute atomic E-state index is 0.844. The first-order valence-electron chi connectivity index (χ1n) is 6.48. The zero-order chi connectivity index (χ0) is 11.4. The van der Waals surface area contributed by atoms with Crippen LogP contribution in [0.5, 0.6) is 0 Å². The topological polar surface area (TPSA) is 51.7 Å². The van der Waals surface area contributed by atoms with E-state index in [1.54, 1.807) is 0 Å². The molecule has 5 N–H and O–H groups in total. The molecule has 3 heteroatoms. The summed E-state index contributed by atoms with van der Waals surface area (Å²) >= 11 is 0. The van der Waals surface area contributed by atoms with Crippen LogP contribution >= 0.6 is 0 Å². The van der Waals surface area contributed by atoms with Crippen molar-refractivity contribution in [2.45, 2.75) is 39.5 Å². The van der Waals surface area contributed by atoms with Crippen LogP contribution in [-0.4, -0.2) is 32.7 Å². The van der Waals surface area contributed by atoms with E-state index in [9.17, 15) is 0 Å². The molecule has 0 saturated carbocycles. The van der Waals surface area contributed by atoms with Gasteiger partial charge in [-0.1, -0.05) is 13.8 Å². The van der Waals surface area contributed by atoms with Crippen LogP contribution in [-0.2, 0) is 0 Å². The molecule has 0 radical (unpaired) electrons. The zero-order valence-electron chi connectivity index (χ0n) is 10.6. The molecule has 0 amide bonds. The van der Waals surface area contributed by atoms with E-state index in [-0.39, 0.29) is 0 Å². The van der Waals surface area contributed by atoms with Crippen LogP contribution in [0.2, 0.25) is 0 Å². The Bertz CT molecular complexity index is 115. The monoisotopic (exact) mass is 216 g/mol. The standard InChI is InChI=1S/C12H29N3/c1-12(2)6-3-8-14-10-5-11-15-9-4-7-13/h12,14-15H,3-11,13H2,1-2H3/p+1. The van der Waals surface area contributed by atoms with E-state index in [4.69, 9.17) is 0 Å². The lowest BCUT2D eigenvalue weighted by molar-refractivity contribution is -0.367. The van der Waals surface area contributed by atoms with Crippen LogP contribution in [0.1, 0.15) is 39.5 Å². The maximum atomic E-state index is 3.82. The Labute approximate surface area is 95.2 Å². The smallest absolute Gasteiger partial charge is 0.0752 e. The van der Waals surface area contributed by atoms with E-state index < -0.39 is 0 Å². The fourth-order valence-electron chi connectivity index (χ4n) is 1.47. The van der Waals surface area contributed by atoms with Crippen molar-refractivity contribution in [1.29, 1.82) is 0 Å². The summed E-state index contributed by atoms with van der Waals surface area (Å²) in [6.07, 6.45) is 5.09. The molecular formula is C12H30N3+. The highest BCUT2D eigenvalue weighted by Crippen LogP contribution is 2.01. The number of hydrogen-bond donors (Lipinski definition) is 3. The summed E-state index contributed by atoms with van der Waals surface area (Å²) < 4.78 is 0. The summed E-state index contributed by atoms with van der Waals surface area (Å²) in [6.45, 7) is 10.2. The van der Waals surface area contributed by atoms with Gasteiger partial charge in [0.2, 0.25) is 0 Å². The van der Waals surface area contributed by atoms with Crippen molar-refractivity contribution in [2.24, 2.45) is 5.92 Å². The highest BCUT2D eigenvalue weighted by Gasteiger charge is 1.93.